The van der Waals surface area contributed by atoms with Gasteiger partial charge in [0, 0.05) is 13.0 Å². The second kappa shape index (κ2) is 7.23. The average molecular weight is 267 g/mol. The summed E-state index contributed by atoms with van der Waals surface area (Å²) in [4.78, 5) is 21.1. The summed E-state index contributed by atoms with van der Waals surface area (Å²) in [6, 6.07) is 0. The number of hydrogen-bond donors (Lipinski definition) is 2. The summed E-state index contributed by atoms with van der Waals surface area (Å²) in [5.74, 6) is -2.25. The molecule has 0 aliphatic carbocycles. The molecule has 1 unspecified atom stereocenters. The van der Waals surface area contributed by atoms with Crippen LogP contribution in [0.2, 0.25) is 0 Å². The molecule has 0 aromatic carbocycles. The van der Waals surface area contributed by atoms with E-state index in [1.54, 1.807) is 6.92 Å². The standard InChI is InChI=1S/C9H17NO6S/c1-7(5-8(11)12)6-10-17(14,15)4-3-9(13)16-2/h7,10H,3-6H2,1-2H3,(H,11,12). The van der Waals surface area contributed by atoms with Gasteiger partial charge in [0.15, 0.2) is 0 Å². The smallest absolute Gasteiger partial charge is 0.306 e. The number of hydrogen-bond acceptors (Lipinski definition) is 5. The van der Waals surface area contributed by atoms with Gasteiger partial charge in [0.05, 0.1) is 19.3 Å². The highest BCUT2D eigenvalue weighted by atomic mass is 32.2. The predicted octanol–water partition coefficient (Wildman–Crippen LogP) is -0.420. The first-order valence-electron chi connectivity index (χ1n) is 5.02. The molecule has 7 nitrogen and oxygen atoms in total. The van der Waals surface area contributed by atoms with Gasteiger partial charge in [0.1, 0.15) is 0 Å². The zero-order valence-electron chi connectivity index (χ0n) is 9.80. The van der Waals surface area contributed by atoms with Crippen LogP contribution in [0.5, 0.6) is 0 Å². The summed E-state index contributed by atoms with van der Waals surface area (Å²) in [5.41, 5.74) is 0. The Balaban J connectivity index is 4.01. The Labute approximate surface area is 100 Å². The maximum absolute atomic E-state index is 11.4. The Bertz CT molecular complexity index is 364. The summed E-state index contributed by atoms with van der Waals surface area (Å²) < 4.78 is 29.3. The maximum Gasteiger partial charge on any atom is 0.306 e. The molecule has 0 spiro atoms. The number of carboxylic acid groups (broad SMARTS) is 1. The van der Waals surface area contributed by atoms with Crippen molar-refractivity contribution in [2.24, 2.45) is 5.92 Å². The molecule has 1 atom stereocenters. The molecular formula is C9H17NO6S. The van der Waals surface area contributed by atoms with Crippen molar-refractivity contribution < 1.29 is 27.9 Å². The minimum absolute atomic E-state index is 0.0375. The highest BCUT2D eigenvalue weighted by Crippen LogP contribution is 2.01. The van der Waals surface area contributed by atoms with Crippen molar-refractivity contribution in [3.05, 3.63) is 0 Å². The van der Waals surface area contributed by atoms with Crippen molar-refractivity contribution in [2.45, 2.75) is 19.8 Å². The molecule has 100 valence electrons. The fourth-order valence-corrected chi connectivity index (χ4v) is 2.15. The molecule has 0 aliphatic rings. The molecule has 0 bridgehead atoms. The first-order chi connectivity index (χ1) is 7.76. The number of nitrogens with one attached hydrogen (secondary N) is 1. The first kappa shape index (κ1) is 15.9. The van der Waals surface area contributed by atoms with Crippen molar-refractivity contribution in [3.8, 4) is 0 Å². The van der Waals surface area contributed by atoms with Gasteiger partial charge in [-0.05, 0) is 5.92 Å². The van der Waals surface area contributed by atoms with Crippen LogP contribution in [0.3, 0.4) is 0 Å². The molecule has 8 heteroatoms. The van der Waals surface area contributed by atoms with Crippen LogP contribution < -0.4 is 4.72 Å². The summed E-state index contributed by atoms with van der Waals surface area (Å²) >= 11 is 0. The number of rotatable bonds is 8. The van der Waals surface area contributed by atoms with E-state index in [-0.39, 0.29) is 31.1 Å². The van der Waals surface area contributed by atoms with Crippen LogP contribution >= 0.6 is 0 Å². The number of esters is 1. The largest absolute Gasteiger partial charge is 0.481 e. The van der Waals surface area contributed by atoms with E-state index in [1.807, 2.05) is 0 Å². The minimum atomic E-state index is -3.56. The van der Waals surface area contributed by atoms with Gasteiger partial charge in [0.25, 0.3) is 0 Å². The van der Waals surface area contributed by atoms with Crippen LogP contribution in [0, 0.1) is 5.92 Å². The van der Waals surface area contributed by atoms with Crippen LogP contribution in [0.1, 0.15) is 19.8 Å². The van der Waals surface area contributed by atoms with E-state index in [9.17, 15) is 18.0 Å². The van der Waals surface area contributed by atoms with E-state index >= 15 is 0 Å². The molecule has 0 aliphatic heterocycles. The van der Waals surface area contributed by atoms with Gasteiger partial charge in [-0.3, -0.25) is 9.59 Å². The van der Waals surface area contributed by atoms with Crippen LogP contribution in [0.4, 0.5) is 0 Å². The monoisotopic (exact) mass is 267 g/mol. The molecular weight excluding hydrogens is 250 g/mol. The van der Waals surface area contributed by atoms with E-state index in [1.165, 1.54) is 7.11 Å². The summed E-state index contributed by atoms with van der Waals surface area (Å²) in [5, 5.41) is 8.48. The molecule has 0 aromatic rings. The van der Waals surface area contributed by atoms with E-state index in [0.717, 1.165) is 0 Å². The molecule has 0 saturated carbocycles. The van der Waals surface area contributed by atoms with Crippen molar-refractivity contribution >= 4 is 22.0 Å². The van der Waals surface area contributed by atoms with Crippen molar-refractivity contribution in [3.63, 3.8) is 0 Å². The number of carboxylic acids is 1. The van der Waals surface area contributed by atoms with Crippen LogP contribution in [-0.4, -0.2) is 44.9 Å². The summed E-state index contributed by atoms with van der Waals surface area (Å²) in [6.45, 7) is 1.66. The van der Waals surface area contributed by atoms with E-state index in [2.05, 4.69) is 9.46 Å². The quantitative estimate of drug-likeness (QED) is 0.578. The first-order valence-corrected chi connectivity index (χ1v) is 6.68. The van der Waals surface area contributed by atoms with Crippen molar-refractivity contribution in [2.75, 3.05) is 19.4 Å². The SMILES string of the molecule is COC(=O)CCS(=O)(=O)NCC(C)CC(=O)O. The Kier molecular flexibility index (Phi) is 6.74. The minimum Gasteiger partial charge on any atom is -0.481 e. The number of carbonyl (C=O) groups excluding carboxylic acids is 1. The maximum atomic E-state index is 11.4. The third kappa shape index (κ3) is 8.64. The van der Waals surface area contributed by atoms with Gasteiger partial charge in [0.2, 0.25) is 10.0 Å². The molecule has 0 rings (SSSR count). The lowest BCUT2D eigenvalue weighted by Crippen LogP contribution is -2.32. The molecule has 0 heterocycles. The molecule has 0 saturated heterocycles. The highest BCUT2D eigenvalue weighted by molar-refractivity contribution is 7.89. The molecule has 2 N–H and O–H groups in total. The summed E-state index contributed by atoms with van der Waals surface area (Å²) in [7, 11) is -2.38. The van der Waals surface area contributed by atoms with Crippen LogP contribution in [0.25, 0.3) is 0 Å². The topological polar surface area (TPSA) is 110 Å². The molecule has 0 amide bonds. The molecule has 0 aromatic heterocycles. The lowest BCUT2D eigenvalue weighted by molar-refractivity contribution is -0.140. The van der Waals surface area contributed by atoms with E-state index in [0.29, 0.717) is 0 Å². The fourth-order valence-electron chi connectivity index (χ4n) is 1.03. The number of carbonyl (C=O) groups is 2. The van der Waals surface area contributed by atoms with Crippen LogP contribution in [0.15, 0.2) is 0 Å². The van der Waals surface area contributed by atoms with Gasteiger partial charge in [-0.15, -0.1) is 0 Å². The lowest BCUT2D eigenvalue weighted by atomic mass is 10.1. The number of ether oxygens (including phenoxy) is 1. The lowest BCUT2D eigenvalue weighted by Gasteiger charge is -2.10. The van der Waals surface area contributed by atoms with Gasteiger partial charge < -0.3 is 9.84 Å². The Morgan fingerprint density at radius 2 is 2.00 bits per heavy atom. The third-order valence-corrected chi connectivity index (χ3v) is 3.33. The fraction of sp³-hybridized carbons (Fsp3) is 0.778. The molecule has 17 heavy (non-hydrogen) atoms. The van der Waals surface area contributed by atoms with Gasteiger partial charge in [-0.25, -0.2) is 13.1 Å². The van der Waals surface area contributed by atoms with E-state index in [4.69, 9.17) is 5.11 Å². The van der Waals surface area contributed by atoms with Crippen LogP contribution in [-0.2, 0) is 24.3 Å². The Morgan fingerprint density at radius 3 is 2.47 bits per heavy atom. The molecule has 0 fully saturated rings. The average Bonchev–Trinajstić information content (AvgIpc) is 2.22. The third-order valence-electron chi connectivity index (χ3n) is 1.98. The van der Waals surface area contributed by atoms with Crippen molar-refractivity contribution in [1.29, 1.82) is 0 Å². The number of sulfonamides is 1. The van der Waals surface area contributed by atoms with Gasteiger partial charge >= 0.3 is 11.9 Å². The highest BCUT2D eigenvalue weighted by Gasteiger charge is 2.15. The Morgan fingerprint density at radius 1 is 1.41 bits per heavy atom. The molecule has 0 radical (unpaired) electrons. The summed E-state index contributed by atoms with van der Waals surface area (Å²) in [6.07, 6.45) is -0.335. The van der Waals surface area contributed by atoms with Crippen molar-refractivity contribution in [1.82, 2.24) is 4.72 Å². The number of aliphatic carboxylic acids is 1. The predicted molar refractivity (Wildman–Crippen MR) is 59.8 cm³/mol. The Hall–Kier alpha value is -1.15. The second-order valence-electron chi connectivity index (χ2n) is 3.70. The van der Waals surface area contributed by atoms with Gasteiger partial charge in [-0.1, -0.05) is 6.92 Å². The number of methoxy groups -OCH3 is 1. The van der Waals surface area contributed by atoms with Gasteiger partial charge in [-0.2, -0.15) is 0 Å². The normalized spacial score (nSPS) is 13.1. The zero-order chi connectivity index (χ0) is 13.5. The zero-order valence-corrected chi connectivity index (χ0v) is 10.6. The second-order valence-corrected chi connectivity index (χ2v) is 5.62. The van der Waals surface area contributed by atoms with E-state index < -0.39 is 22.0 Å².